The van der Waals surface area contributed by atoms with Gasteiger partial charge < -0.3 is 24.7 Å². The minimum absolute atomic E-state index is 0.0393. The van der Waals surface area contributed by atoms with Gasteiger partial charge in [-0.15, -0.1) is 6.58 Å². The zero-order chi connectivity index (χ0) is 28.9. The van der Waals surface area contributed by atoms with Crippen molar-refractivity contribution >= 4 is 11.8 Å². The second-order valence-corrected chi connectivity index (χ2v) is 10.1. The molecule has 2 aromatic rings. The molecular formula is C31H42N4O5. The number of aliphatic carboxylic acids is 1. The van der Waals surface area contributed by atoms with E-state index in [4.69, 9.17) is 19.4 Å². The number of rotatable bonds is 13. The van der Waals surface area contributed by atoms with Crippen LogP contribution in [0.2, 0.25) is 0 Å². The van der Waals surface area contributed by atoms with Crippen LogP contribution in [0.25, 0.3) is 0 Å². The minimum atomic E-state index is -0.808. The van der Waals surface area contributed by atoms with E-state index in [-0.39, 0.29) is 36.6 Å². The predicted molar refractivity (Wildman–Crippen MR) is 154 cm³/mol. The number of imidazole rings is 1. The minimum Gasteiger partial charge on any atom is -0.481 e. The van der Waals surface area contributed by atoms with Crippen molar-refractivity contribution < 1.29 is 24.2 Å². The molecule has 0 amide bonds. The Bertz CT molecular complexity index is 1170. The van der Waals surface area contributed by atoms with Crippen LogP contribution >= 0.6 is 0 Å². The zero-order valence-corrected chi connectivity index (χ0v) is 24.0. The molecule has 9 nitrogen and oxygen atoms in total. The summed E-state index contributed by atoms with van der Waals surface area (Å²) in [6.07, 6.45) is 8.13. The van der Waals surface area contributed by atoms with Gasteiger partial charge in [-0.1, -0.05) is 49.1 Å². The molecule has 0 bridgehead atoms. The second-order valence-electron chi connectivity index (χ2n) is 10.1. The lowest BCUT2D eigenvalue weighted by molar-refractivity contribution is -0.187. The van der Waals surface area contributed by atoms with E-state index >= 15 is 0 Å². The lowest BCUT2D eigenvalue weighted by Crippen LogP contribution is -2.31. The van der Waals surface area contributed by atoms with E-state index < -0.39 is 5.97 Å². The molecule has 1 fully saturated rings. The van der Waals surface area contributed by atoms with E-state index in [9.17, 15) is 4.79 Å². The average Bonchev–Trinajstić information content (AvgIpc) is 3.45. The van der Waals surface area contributed by atoms with Crippen molar-refractivity contribution in [2.75, 3.05) is 20.3 Å². The molecule has 9 heteroatoms. The van der Waals surface area contributed by atoms with Gasteiger partial charge in [-0.2, -0.15) is 0 Å². The van der Waals surface area contributed by atoms with Gasteiger partial charge >= 0.3 is 5.97 Å². The molecule has 1 aliphatic rings. The topological polar surface area (TPSA) is 107 Å². The number of oxime groups is 1. The molecule has 3 rings (SSSR count). The van der Waals surface area contributed by atoms with Crippen LogP contribution in [0.5, 0.6) is 0 Å². The maximum Gasteiger partial charge on any atom is 0.304 e. The van der Waals surface area contributed by atoms with Crippen LogP contribution in [0.1, 0.15) is 69.5 Å². The van der Waals surface area contributed by atoms with Crippen LogP contribution in [0, 0.1) is 29.6 Å². The maximum atomic E-state index is 10.6. The van der Waals surface area contributed by atoms with E-state index in [2.05, 4.69) is 47.7 Å². The van der Waals surface area contributed by atoms with Crippen molar-refractivity contribution in [3.63, 3.8) is 0 Å². The first kappa shape index (κ1) is 31.1. The van der Waals surface area contributed by atoms with Gasteiger partial charge in [0.15, 0.2) is 12.1 Å². The number of nitrogens with one attached hydrogen (secondary N) is 1. The Hall–Kier alpha value is -3.45. The fourth-order valence-corrected chi connectivity index (χ4v) is 4.61. The number of aromatic nitrogens is 2. The van der Waals surface area contributed by atoms with Gasteiger partial charge in [0.1, 0.15) is 19.0 Å². The molecule has 1 unspecified atom stereocenters. The Morgan fingerprint density at radius 1 is 1.32 bits per heavy atom. The fraction of sp³-hybridized carbons (Fsp3) is 0.516. The Labute approximate surface area is 237 Å². The molecule has 0 aliphatic carbocycles. The molecule has 0 radical (unpaired) electrons. The van der Waals surface area contributed by atoms with Crippen LogP contribution in [0.4, 0.5) is 0 Å². The molecule has 1 aromatic heterocycles. The van der Waals surface area contributed by atoms with E-state index in [0.29, 0.717) is 13.1 Å². The van der Waals surface area contributed by atoms with Gasteiger partial charge in [0.05, 0.1) is 6.42 Å². The third-order valence-corrected chi connectivity index (χ3v) is 7.16. The number of hydrogen-bond acceptors (Lipinski definition) is 7. The molecule has 2 heterocycles. The van der Waals surface area contributed by atoms with E-state index in [1.807, 2.05) is 48.0 Å². The number of ether oxygens (including phenoxy) is 2. The Morgan fingerprint density at radius 3 is 2.75 bits per heavy atom. The molecule has 1 saturated heterocycles. The van der Waals surface area contributed by atoms with Crippen molar-refractivity contribution in [1.82, 2.24) is 14.9 Å². The highest BCUT2D eigenvalue weighted by atomic mass is 16.7. The largest absolute Gasteiger partial charge is 0.481 e. The fourth-order valence-electron chi connectivity index (χ4n) is 4.61. The highest BCUT2D eigenvalue weighted by Gasteiger charge is 2.29. The molecule has 0 spiro atoms. The first-order valence-electron chi connectivity index (χ1n) is 13.9. The van der Waals surface area contributed by atoms with Gasteiger partial charge in [0.25, 0.3) is 0 Å². The Morgan fingerprint density at radius 2 is 2.10 bits per heavy atom. The normalized spacial score (nSPS) is 18.6. The summed E-state index contributed by atoms with van der Waals surface area (Å²) in [5.41, 5.74) is 1.97. The summed E-state index contributed by atoms with van der Waals surface area (Å²) >= 11 is 0. The van der Waals surface area contributed by atoms with E-state index in [1.165, 1.54) is 0 Å². The van der Waals surface area contributed by atoms with Crippen LogP contribution < -0.4 is 5.32 Å². The Balaban J connectivity index is 1.68. The lowest BCUT2D eigenvalue weighted by Gasteiger charge is -2.28. The van der Waals surface area contributed by atoms with Gasteiger partial charge in [-0.3, -0.25) is 9.36 Å². The first-order valence-corrected chi connectivity index (χ1v) is 13.9. The average molecular weight is 551 g/mol. The lowest BCUT2D eigenvalue weighted by atomic mass is 9.83. The van der Waals surface area contributed by atoms with Gasteiger partial charge in [-0.25, -0.2) is 4.98 Å². The highest BCUT2D eigenvalue weighted by Crippen LogP contribution is 2.27. The molecule has 0 saturated carbocycles. The van der Waals surface area contributed by atoms with Crippen molar-refractivity contribution in [2.24, 2.45) is 22.9 Å². The van der Waals surface area contributed by atoms with E-state index in [0.717, 1.165) is 48.7 Å². The third kappa shape index (κ3) is 9.05. The molecule has 5 atom stereocenters. The summed E-state index contributed by atoms with van der Waals surface area (Å²) in [6.45, 7) is 12.0. The van der Waals surface area contributed by atoms with Crippen LogP contribution in [-0.4, -0.2) is 53.0 Å². The summed E-state index contributed by atoms with van der Waals surface area (Å²) in [5, 5.41) is 16.3. The first-order chi connectivity index (χ1) is 19.3. The molecule has 1 aromatic carbocycles. The smallest absolute Gasteiger partial charge is 0.304 e. The number of allylic oxidation sites excluding steroid dienone is 1. The van der Waals surface area contributed by atoms with Crippen molar-refractivity contribution in [3.8, 4) is 11.8 Å². The van der Waals surface area contributed by atoms with E-state index in [1.54, 1.807) is 13.3 Å². The van der Waals surface area contributed by atoms with Crippen molar-refractivity contribution in [1.29, 1.82) is 0 Å². The SMILES string of the molecule is C=C[C@@H](C#Cc1ccc(CNCCC(=O)O)cc1)[C@@H](C)[C@H](C)/C(=N\OC)n1ccnc1[C@H](C)OC1CCCCO1. The molecule has 1 aliphatic heterocycles. The van der Waals surface area contributed by atoms with Crippen LogP contribution in [0.15, 0.2) is 54.5 Å². The second kappa shape index (κ2) is 16.0. The van der Waals surface area contributed by atoms with Crippen molar-refractivity contribution in [2.45, 2.75) is 65.4 Å². The summed E-state index contributed by atoms with van der Waals surface area (Å²) in [4.78, 5) is 20.5. The number of benzene rings is 1. The quantitative estimate of drug-likeness (QED) is 0.0904. The molecule has 216 valence electrons. The number of nitrogens with zero attached hydrogens (tertiary/aromatic N) is 3. The molecular weight excluding hydrogens is 508 g/mol. The standard InChI is InChI=1S/C31H42N4O5/c1-6-27(15-14-25-10-12-26(13-11-25)21-32-17-16-28(36)37)22(2)23(3)30(34-38-5)35-19-18-33-31(35)24(4)40-29-9-7-8-20-39-29/h6,10-13,18-19,22-24,27,29,32H,1,7-9,16-17,20-21H2,2-5H3,(H,36,37)/b34-30+/t22-,23-,24-,27-,29?/m0/s1. The van der Waals surface area contributed by atoms with Gasteiger partial charge in [0.2, 0.25) is 0 Å². The summed E-state index contributed by atoms with van der Waals surface area (Å²) in [7, 11) is 1.54. The summed E-state index contributed by atoms with van der Waals surface area (Å²) in [5.74, 6) is 7.24. The third-order valence-electron chi connectivity index (χ3n) is 7.16. The van der Waals surface area contributed by atoms with Crippen LogP contribution in [-0.2, 0) is 25.7 Å². The van der Waals surface area contributed by atoms with Crippen LogP contribution in [0.3, 0.4) is 0 Å². The number of carboxylic acid groups (broad SMARTS) is 1. The van der Waals surface area contributed by atoms with Gasteiger partial charge in [0, 0.05) is 49.5 Å². The predicted octanol–water partition coefficient (Wildman–Crippen LogP) is 4.99. The monoisotopic (exact) mass is 550 g/mol. The number of hydrogen-bond donors (Lipinski definition) is 2. The number of carbonyl (C=O) groups is 1. The number of carboxylic acids is 1. The summed E-state index contributed by atoms with van der Waals surface area (Å²) in [6, 6.07) is 7.95. The maximum absolute atomic E-state index is 10.6. The Kier molecular flexibility index (Phi) is 12.4. The van der Waals surface area contributed by atoms with Crippen molar-refractivity contribution in [3.05, 3.63) is 66.3 Å². The zero-order valence-electron chi connectivity index (χ0n) is 24.0. The molecule has 40 heavy (non-hydrogen) atoms. The molecule has 2 N–H and O–H groups in total. The van der Waals surface area contributed by atoms with Gasteiger partial charge in [-0.05, 0) is 49.8 Å². The summed E-state index contributed by atoms with van der Waals surface area (Å²) < 4.78 is 13.9. The highest BCUT2D eigenvalue weighted by molar-refractivity contribution is 5.87.